The molecule has 74 valence electrons. The van der Waals surface area contributed by atoms with Crippen molar-refractivity contribution in [3.05, 3.63) is 29.1 Å². The standard InChI is InChI=1S/C11H14N2O/c1-7(2)8-3-5-12-10-9(8)4-6-13-11(10)14/h3,5,7H,4,6H2,1-2H3,(H,13,14). The van der Waals surface area contributed by atoms with Crippen molar-refractivity contribution < 1.29 is 4.79 Å². The first-order valence-corrected chi connectivity index (χ1v) is 4.96. The van der Waals surface area contributed by atoms with Gasteiger partial charge in [-0.25, -0.2) is 0 Å². The van der Waals surface area contributed by atoms with Crippen LogP contribution >= 0.6 is 0 Å². The number of amides is 1. The third-order valence-electron chi connectivity index (χ3n) is 2.59. The molecule has 0 aromatic carbocycles. The van der Waals surface area contributed by atoms with E-state index in [0.29, 0.717) is 11.6 Å². The summed E-state index contributed by atoms with van der Waals surface area (Å²) in [5.41, 5.74) is 3.00. The largest absolute Gasteiger partial charge is 0.350 e. The number of carbonyl (C=O) groups excluding carboxylic acids is 1. The molecular formula is C11H14N2O. The zero-order chi connectivity index (χ0) is 10.1. The van der Waals surface area contributed by atoms with E-state index in [1.807, 2.05) is 6.07 Å². The highest BCUT2D eigenvalue weighted by atomic mass is 16.1. The molecule has 2 heterocycles. The smallest absolute Gasteiger partial charge is 0.270 e. The minimum Gasteiger partial charge on any atom is -0.350 e. The molecule has 1 N–H and O–H groups in total. The van der Waals surface area contributed by atoms with Gasteiger partial charge in [-0.15, -0.1) is 0 Å². The lowest BCUT2D eigenvalue weighted by molar-refractivity contribution is 0.0940. The number of nitrogens with zero attached hydrogens (tertiary/aromatic N) is 1. The van der Waals surface area contributed by atoms with E-state index >= 15 is 0 Å². The van der Waals surface area contributed by atoms with Crippen LogP contribution in [-0.2, 0) is 6.42 Å². The molecule has 3 nitrogen and oxygen atoms in total. The van der Waals surface area contributed by atoms with Crippen LogP contribution in [0.2, 0.25) is 0 Å². The Morgan fingerprint density at radius 2 is 2.29 bits per heavy atom. The van der Waals surface area contributed by atoms with Crippen LogP contribution in [0.25, 0.3) is 0 Å². The Labute approximate surface area is 83.5 Å². The van der Waals surface area contributed by atoms with Gasteiger partial charge in [-0.3, -0.25) is 9.78 Å². The van der Waals surface area contributed by atoms with Crippen molar-refractivity contribution in [3.63, 3.8) is 0 Å². The van der Waals surface area contributed by atoms with Gasteiger partial charge in [0.25, 0.3) is 5.91 Å². The summed E-state index contributed by atoms with van der Waals surface area (Å²) in [6.45, 7) is 5.02. The second kappa shape index (κ2) is 3.40. The quantitative estimate of drug-likeness (QED) is 0.729. The van der Waals surface area contributed by atoms with Crippen molar-refractivity contribution in [2.45, 2.75) is 26.2 Å². The summed E-state index contributed by atoms with van der Waals surface area (Å²) in [5, 5.41) is 2.80. The maximum Gasteiger partial charge on any atom is 0.270 e. The highest BCUT2D eigenvalue weighted by molar-refractivity contribution is 5.95. The lowest BCUT2D eigenvalue weighted by Crippen LogP contribution is -2.33. The zero-order valence-corrected chi connectivity index (χ0v) is 8.50. The Balaban J connectivity index is 2.55. The fourth-order valence-electron chi connectivity index (χ4n) is 1.89. The number of aromatic nitrogens is 1. The third-order valence-corrected chi connectivity index (χ3v) is 2.59. The maximum atomic E-state index is 11.5. The summed E-state index contributed by atoms with van der Waals surface area (Å²) in [7, 11) is 0. The van der Waals surface area contributed by atoms with Gasteiger partial charge in [0.2, 0.25) is 0 Å². The molecule has 2 rings (SSSR count). The topological polar surface area (TPSA) is 42.0 Å². The molecule has 0 spiro atoms. The van der Waals surface area contributed by atoms with Crippen molar-refractivity contribution in [1.29, 1.82) is 0 Å². The second-order valence-corrected chi connectivity index (χ2v) is 3.89. The van der Waals surface area contributed by atoms with E-state index in [0.717, 1.165) is 18.5 Å². The van der Waals surface area contributed by atoms with Crippen LogP contribution in [-0.4, -0.2) is 17.4 Å². The normalized spacial score (nSPS) is 15.2. The van der Waals surface area contributed by atoms with Crippen molar-refractivity contribution in [2.24, 2.45) is 0 Å². The molecular weight excluding hydrogens is 176 g/mol. The van der Waals surface area contributed by atoms with Crippen molar-refractivity contribution in [1.82, 2.24) is 10.3 Å². The summed E-state index contributed by atoms with van der Waals surface area (Å²) < 4.78 is 0. The highest BCUT2D eigenvalue weighted by Gasteiger charge is 2.21. The predicted octanol–water partition coefficient (Wildman–Crippen LogP) is 1.49. The lowest BCUT2D eigenvalue weighted by atomic mass is 9.93. The van der Waals surface area contributed by atoms with E-state index in [-0.39, 0.29) is 5.91 Å². The number of pyridine rings is 1. The number of carbonyl (C=O) groups is 1. The molecule has 0 bridgehead atoms. The first-order chi connectivity index (χ1) is 6.70. The van der Waals surface area contributed by atoms with E-state index in [1.54, 1.807) is 6.20 Å². The van der Waals surface area contributed by atoms with E-state index in [2.05, 4.69) is 24.1 Å². The summed E-state index contributed by atoms with van der Waals surface area (Å²) in [6.07, 6.45) is 2.63. The highest BCUT2D eigenvalue weighted by Crippen LogP contribution is 2.23. The van der Waals surface area contributed by atoms with E-state index in [1.165, 1.54) is 5.56 Å². The summed E-state index contributed by atoms with van der Waals surface area (Å²) in [4.78, 5) is 15.6. The molecule has 1 aliphatic rings. The van der Waals surface area contributed by atoms with Gasteiger partial charge in [-0.05, 0) is 29.5 Å². The van der Waals surface area contributed by atoms with Crippen LogP contribution in [0.3, 0.4) is 0 Å². The number of fused-ring (bicyclic) bond motifs is 1. The first-order valence-electron chi connectivity index (χ1n) is 4.96. The minimum absolute atomic E-state index is 0.0336. The van der Waals surface area contributed by atoms with Crippen LogP contribution in [0, 0.1) is 0 Å². The number of nitrogens with one attached hydrogen (secondary N) is 1. The lowest BCUT2D eigenvalue weighted by Gasteiger charge is -2.20. The van der Waals surface area contributed by atoms with E-state index in [9.17, 15) is 4.79 Å². The molecule has 0 fully saturated rings. The zero-order valence-electron chi connectivity index (χ0n) is 8.50. The SMILES string of the molecule is CC(C)c1ccnc2c1CCNC2=O. The van der Waals surface area contributed by atoms with Gasteiger partial charge < -0.3 is 5.32 Å². The Kier molecular flexibility index (Phi) is 2.23. The molecule has 0 unspecified atom stereocenters. The maximum absolute atomic E-state index is 11.5. The van der Waals surface area contributed by atoms with Crippen LogP contribution < -0.4 is 5.32 Å². The Morgan fingerprint density at radius 3 is 3.00 bits per heavy atom. The van der Waals surface area contributed by atoms with Crippen molar-refractivity contribution in [2.75, 3.05) is 6.54 Å². The molecule has 0 aliphatic carbocycles. The Hall–Kier alpha value is -1.38. The fourth-order valence-corrected chi connectivity index (χ4v) is 1.89. The summed E-state index contributed by atoms with van der Waals surface area (Å²) >= 11 is 0. The monoisotopic (exact) mass is 190 g/mol. The molecule has 1 aromatic rings. The summed E-state index contributed by atoms with van der Waals surface area (Å²) in [5.74, 6) is 0.423. The molecule has 1 amide bonds. The number of hydrogen-bond donors (Lipinski definition) is 1. The van der Waals surface area contributed by atoms with Gasteiger partial charge in [0, 0.05) is 12.7 Å². The average molecular weight is 190 g/mol. The molecule has 1 aromatic heterocycles. The Bertz CT molecular complexity index is 372. The first kappa shape index (κ1) is 9.19. The molecule has 14 heavy (non-hydrogen) atoms. The van der Waals surface area contributed by atoms with E-state index in [4.69, 9.17) is 0 Å². The molecule has 3 heteroatoms. The number of rotatable bonds is 1. The summed E-state index contributed by atoms with van der Waals surface area (Å²) in [6, 6.07) is 2.02. The van der Waals surface area contributed by atoms with Gasteiger partial charge in [0.05, 0.1) is 0 Å². The average Bonchev–Trinajstić information content (AvgIpc) is 2.17. The van der Waals surface area contributed by atoms with Gasteiger partial charge in [-0.2, -0.15) is 0 Å². The molecule has 0 atom stereocenters. The molecule has 1 aliphatic heterocycles. The predicted molar refractivity (Wildman–Crippen MR) is 54.4 cm³/mol. The van der Waals surface area contributed by atoms with Crippen molar-refractivity contribution >= 4 is 5.91 Å². The number of hydrogen-bond acceptors (Lipinski definition) is 2. The molecule has 0 saturated carbocycles. The second-order valence-electron chi connectivity index (χ2n) is 3.89. The van der Waals surface area contributed by atoms with Crippen LogP contribution in [0.15, 0.2) is 12.3 Å². The van der Waals surface area contributed by atoms with Gasteiger partial charge in [-0.1, -0.05) is 13.8 Å². The van der Waals surface area contributed by atoms with Crippen LogP contribution in [0.4, 0.5) is 0 Å². The van der Waals surface area contributed by atoms with Crippen LogP contribution in [0.5, 0.6) is 0 Å². The minimum atomic E-state index is -0.0336. The molecule has 0 radical (unpaired) electrons. The van der Waals surface area contributed by atoms with Gasteiger partial charge in [0.15, 0.2) is 0 Å². The van der Waals surface area contributed by atoms with E-state index < -0.39 is 0 Å². The Morgan fingerprint density at radius 1 is 1.50 bits per heavy atom. The van der Waals surface area contributed by atoms with Crippen molar-refractivity contribution in [3.8, 4) is 0 Å². The van der Waals surface area contributed by atoms with Crippen LogP contribution in [0.1, 0.15) is 41.4 Å². The van der Waals surface area contributed by atoms with Gasteiger partial charge in [0.1, 0.15) is 5.69 Å². The molecule has 0 saturated heterocycles. The van der Waals surface area contributed by atoms with Gasteiger partial charge >= 0.3 is 0 Å². The fraction of sp³-hybridized carbons (Fsp3) is 0.455. The third kappa shape index (κ3) is 1.39.